The monoisotopic (exact) mass is 273 g/mol. The standard InChI is InChI=1S/C12H17F2N3O2/c1-7(3-4-19-2)16-12(18)8-5-9(13)11(17-15)10(14)6-8/h5-7,17H,3-4,15H2,1-2H3,(H,16,18). The summed E-state index contributed by atoms with van der Waals surface area (Å²) in [5.74, 6) is 2.58. The highest BCUT2D eigenvalue weighted by Crippen LogP contribution is 2.19. The molecule has 4 N–H and O–H groups in total. The summed E-state index contributed by atoms with van der Waals surface area (Å²) in [6.07, 6.45) is 0.607. The molecule has 0 bridgehead atoms. The van der Waals surface area contributed by atoms with E-state index in [4.69, 9.17) is 10.6 Å². The Morgan fingerprint density at radius 3 is 2.47 bits per heavy atom. The zero-order chi connectivity index (χ0) is 14.4. The van der Waals surface area contributed by atoms with Crippen molar-refractivity contribution < 1.29 is 18.3 Å². The van der Waals surface area contributed by atoms with Crippen LogP contribution in [0.1, 0.15) is 23.7 Å². The first-order valence-corrected chi connectivity index (χ1v) is 5.75. The molecule has 7 heteroatoms. The summed E-state index contributed by atoms with van der Waals surface area (Å²) in [6, 6.07) is 1.69. The molecule has 1 atom stereocenters. The predicted octanol–water partition coefficient (Wildman–Crippen LogP) is 1.41. The van der Waals surface area contributed by atoms with Crippen LogP contribution in [0.2, 0.25) is 0 Å². The van der Waals surface area contributed by atoms with E-state index in [0.717, 1.165) is 12.1 Å². The Morgan fingerprint density at radius 1 is 1.42 bits per heavy atom. The Balaban J connectivity index is 2.78. The third-order valence-corrected chi connectivity index (χ3v) is 2.58. The Labute approximate surface area is 110 Å². The van der Waals surface area contributed by atoms with E-state index >= 15 is 0 Å². The molecule has 0 saturated heterocycles. The average Bonchev–Trinajstić information content (AvgIpc) is 2.35. The van der Waals surface area contributed by atoms with Crippen LogP contribution in [0.5, 0.6) is 0 Å². The fourth-order valence-electron chi connectivity index (χ4n) is 1.52. The smallest absolute Gasteiger partial charge is 0.251 e. The number of halogens is 2. The first-order valence-electron chi connectivity index (χ1n) is 5.75. The summed E-state index contributed by atoms with van der Waals surface area (Å²) >= 11 is 0. The summed E-state index contributed by atoms with van der Waals surface area (Å²) in [4.78, 5) is 11.8. The van der Waals surface area contributed by atoms with Crippen molar-refractivity contribution in [3.8, 4) is 0 Å². The summed E-state index contributed by atoms with van der Waals surface area (Å²) in [5, 5.41) is 2.62. The van der Waals surface area contributed by atoms with Gasteiger partial charge in [0.2, 0.25) is 0 Å². The van der Waals surface area contributed by atoms with Gasteiger partial charge in [0.15, 0.2) is 11.6 Å². The number of amides is 1. The lowest BCUT2D eigenvalue weighted by molar-refractivity contribution is 0.0928. The third kappa shape index (κ3) is 4.15. The molecule has 0 aliphatic rings. The van der Waals surface area contributed by atoms with Gasteiger partial charge >= 0.3 is 0 Å². The highest BCUT2D eigenvalue weighted by Gasteiger charge is 2.15. The van der Waals surface area contributed by atoms with Gasteiger partial charge in [-0.15, -0.1) is 0 Å². The van der Waals surface area contributed by atoms with Gasteiger partial charge in [0.25, 0.3) is 5.91 Å². The molecule has 0 spiro atoms. The SMILES string of the molecule is COCCC(C)NC(=O)c1cc(F)c(NN)c(F)c1. The molecule has 0 aliphatic carbocycles. The maximum Gasteiger partial charge on any atom is 0.251 e. The molecule has 1 aromatic carbocycles. The normalized spacial score (nSPS) is 12.1. The minimum Gasteiger partial charge on any atom is -0.385 e. The van der Waals surface area contributed by atoms with Gasteiger partial charge in [-0.1, -0.05) is 0 Å². The number of nitrogens with one attached hydrogen (secondary N) is 2. The third-order valence-electron chi connectivity index (χ3n) is 2.58. The van der Waals surface area contributed by atoms with Crippen molar-refractivity contribution in [1.29, 1.82) is 0 Å². The van der Waals surface area contributed by atoms with Crippen molar-refractivity contribution in [3.63, 3.8) is 0 Å². The van der Waals surface area contributed by atoms with Crippen LogP contribution in [-0.2, 0) is 4.74 Å². The molecule has 0 aliphatic heterocycles. The number of ether oxygens (including phenoxy) is 1. The quantitative estimate of drug-likeness (QED) is 0.541. The van der Waals surface area contributed by atoms with Crippen molar-refractivity contribution in [2.45, 2.75) is 19.4 Å². The van der Waals surface area contributed by atoms with Crippen LogP contribution in [0.25, 0.3) is 0 Å². The Bertz CT molecular complexity index is 432. The molecule has 19 heavy (non-hydrogen) atoms. The van der Waals surface area contributed by atoms with E-state index in [1.54, 1.807) is 14.0 Å². The largest absolute Gasteiger partial charge is 0.385 e. The van der Waals surface area contributed by atoms with Crippen molar-refractivity contribution in [2.24, 2.45) is 5.84 Å². The summed E-state index contributed by atoms with van der Waals surface area (Å²) in [7, 11) is 1.55. The van der Waals surface area contributed by atoms with E-state index in [1.165, 1.54) is 0 Å². The second-order valence-electron chi connectivity index (χ2n) is 4.12. The number of hydrogen-bond donors (Lipinski definition) is 3. The molecule has 0 saturated carbocycles. The minimum absolute atomic E-state index is 0.0988. The van der Waals surface area contributed by atoms with Gasteiger partial charge in [-0.2, -0.15) is 0 Å². The molecule has 1 amide bonds. The van der Waals surface area contributed by atoms with E-state index in [0.29, 0.717) is 13.0 Å². The maximum absolute atomic E-state index is 13.4. The van der Waals surface area contributed by atoms with Gasteiger partial charge in [0.1, 0.15) is 5.69 Å². The van der Waals surface area contributed by atoms with Crippen LogP contribution in [-0.4, -0.2) is 25.7 Å². The van der Waals surface area contributed by atoms with Crippen LogP contribution in [0.4, 0.5) is 14.5 Å². The number of nitrogen functional groups attached to an aromatic ring is 1. The van der Waals surface area contributed by atoms with E-state index in [-0.39, 0.29) is 11.6 Å². The molecule has 1 aromatic rings. The molecule has 1 rings (SSSR count). The van der Waals surface area contributed by atoms with Crippen LogP contribution in [0, 0.1) is 11.6 Å². The number of hydrazine groups is 1. The van der Waals surface area contributed by atoms with E-state index in [2.05, 4.69) is 5.32 Å². The fourth-order valence-corrected chi connectivity index (χ4v) is 1.52. The highest BCUT2D eigenvalue weighted by molar-refractivity contribution is 5.94. The van der Waals surface area contributed by atoms with E-state index < -0.39 is 23.2 Å². The van der Waals surface area contributed by atoms with Crippen LogP contribution >= 0.6 is 0 Å². The van der Waals surface area contributed by atoms with Crippen LogP contribution in [0.15, 0.2) is 12.1 Å². The first kappa shape index (κ1) is 15.3. The molecule has 0 heterocycles. The number of anilines is 1. The molecule has 0 radical (unpaired) electrons. The van der Waals surface area contributed by atoms with Crippen LogP contribution < -0.4 is 16.6 Å². The molecular formula is C12H17F2N3O2. The number of carbonyl (C=O) groups is 1. The van der Waals surface area contributed by atoms with Gasteiger partial charge < -0.3 is 15.5 Å². The van der Waals surface area contributed by atoms with Gasteiger partial charge in [0, 0.05) is 25.3 Å². The lowest BCUT2D eigenvalue weighted by Gasteiger charge is -2.14. The molecule has 1 unspecified atom stereocenters. The number of hydrogen-bond acceptors (Lipinski definition) is 4. The summed E-state index contributed by atoms with van der Waals surface area (Å²) < 4.78 is 31.7. The lowest BCUT2D eigenvalue weighted by Crippen LogP contribution is -2.33. The number of methoxy groups -OCH3 is 1. The fraction of sp³-hybridized carbons (Fsp3) is 0.417. The Kier molecular flexibility index (Phi) is 5.65. The molecule has 5 nitrogen and oxygen atoms in total. The van der Waals surface area contributed by atoms with Crippen molar-refractivity contribution >= 4 is 11.6 Å². The molecule has 0 aromatic heterocycles. The highest BCUT2D eigenvalue weighted by atomic mass is 19.1. The summed E-state index contributed by atoms with van der Waals surface area (Å²) in [6.45, 7) is 2.26. The van der Waals surface area contributed by atoms with Crippen molar-refractivity contribution in [1.82, 2.24) is 5.32 Å². The number of rotatable bonds is 6. The maximum atomic E-state index is 13.4. The van der Waals surface area contributed by atoms with Gasteiger partial charge in [-0.25, -0.2) is 8.78 Å². The van der Waals surface area contributed by atoms with E-state index in [1.807, 2.05) is 5.43 Å². The number of nitrogens with two attached hydrogens (primary N) is 1. The van der Waals surface area contributed by atoms with Crippen LogP contribution in [0.3, 0.4) is 0 Å². The Hall–Kier alpha value is -1.73. The number of carbonyl (C=O) groups excluding carboxylic acids is 1. The predicted molar refractivity (Wildman–Crippen MR) is 67.6 cm³/mol. The van der Waals surface area contributed by atoms with Crippen molar-refractivity contribution in [2.75, 3.05) is 19.1 Å². The minimum atomic E-state index is -0.919. The van der Waals surface area contributed by atoms with Gasteiger partial charge in [-0.3, -0.25) is 10.6 Å². The molecular weight excluding hydrogens is 256 g/mol. The summed E-state index contributed by atoms with van der Waals surface area (Å²) in [5.41, 5.74) is 1.33. The zero-order valence-corrected chi connectivity index (χ0v) is 10.8. The van der Waals surface area contributed by atoms with E-state index in [9.17, 15) is 13.6 Å². The first-order chi connectivity index (χ1) is 8.99. The van der Waals surface area contributed by atoms with Crippen molar-refractivity contribution in [3.05, 3.63) is 29.3 Å². The topological polar surface area (TPSA) is 76.4 Å². The van der Waals surface area contributed by atoms with Gasteiger partial charge in [0.05, 0.1) is 0 Å². The lowest BCUT2D eigenvalue weighted by atomic mass is 10.1. The molecule has 0 fully saturated rings. The zero-order valence-electron chi connectivity index (χ0n) is 10.8. The van der Waals surface area contributed by atoms with Gasteiger partial charge in [-0.05, 0) is 25.5 Å². The average molecular weight is 273 g/mol. The second kappa shape index (κ2) is 7.01. The second-order valence-corrected chi connectivity index (χ2v) is 4.12. The number of benzene rings is 1. The molecule has 106 valence electrons. The Morgan fingerprint density at radius 2 is 2.00 bits per heavy atom.